The molecule has 0 aromatic rings. The van der Waals surface area contributed by atoms with Gasteiger partial charge < -0.3 is 10.6 Å². The van der Waals surface area contributed by atoms with Gasteiger partial charge in [0.25, 0.3) is 0 Å². The summed E-state index contributed by atoms with van der Waals surface area (Å²) in [6, 6.07) is 2.44. The Morgan fingerprint density at radius 1 is 1.50 bits per heavy atom. The number of hydrogen-bond donors (Lipinski definition) is 2. The van der Waals surface area contributed by atoms with Crippen molar-refractivity contribution >= 4 is 5.91 Å². The van der Waals surface area contributed by atoms with Gasteiger partial charge in [0.15, 0.2) is 0 Å². The van der Waals surface area contributed by atoms with Gasteiger partial charge in [-0.25, -0.2) is 0 Å². The zero-order valence-corrected chi connectivity index (χ0v) is 8.12. The lowest BCUT2D eigenvalue weighted by molar-refractivity contribution is -0.124. The van der Waals surface area contributed by atoms with Crippen LogP contribution >= 0.6 is 0 Å². The number of rotatable bonds is 2. The fourth-order valence-electron chi connectivity index (χ4n) is 1.89. The van der Waals surface area contributed by atoms with E-state index in [-0.39, 0.29) is 17.9 Å². The molecule has 2 rings (SSSR count). The Hall–Kier alpha value is -1.08. The van der Waals surface area contributed by atoms with Gasteiger partial charge in [0.05, 0.1) is 18.0 Å². The molecular formula is C10H15N3O. The van der Waals surface area contributed by atoms with Crippen LogP contribution in [-0.4, -0.2) is 24.5 Å². The number of nitriles is 1. The second-order valence-electron chi connectivity index (χ2n) is 4.16. The molecule has 0 bridgehead atoms. The van der Waals surface area contributed by atoms with Crippen molar-refractivity contribution in [2.24, 2.45) is 5.92 Å². The summed E-state index contributed by atoms with van der Waals surface area (Å²) in [5.41, 5.74) is 0. The monoisotopic (exact) mass is 193 g/mol. The molecule has 0 aromatic heterocycles. The minimum Gasteiger partial charge on any atom is -0.352 e. The van der Waals surface area contributed by atoms with E-state index in [4.69, 9.17) is 5.26 Å². The molecule has 2 fully saturated rings. The summed E-state index contributed by atoms with van der Waals surface area (Å²) in [5, 5.41) is 14.8. The van der Waals surface area contributed by atoms with Crippen molar-refractivity contribution in [1.29, 1.82) is 5.26 Å². The summed E-state index contributed by atoms with van der Waals surface area (Å²) < 4.78 is 0. The van der Waals surface area contributed by atoms with Crippen LogP contribution in [0.2, 0.25) is 0 Å². The first-order chi connectivity index (χ1) is 6.79. The number of hydrogen-bond acceptors (Lipinski definition) is 3. The molecule has 0 radical (unpaired) electrons. The molecule has 14 heavy (non-hydrogen) atoms. The van der Waals surface area contributed by atoms with Gasteiger partial charge in [-0.2, -0.15) is 5.26 Å². The zero-order valence-electron chi connectivity index (χ0n) is 8.12. The predicted octanol–water partition coefficient (Wildman–Crippen LogP) is 0.157. The van der Waals surface area contributed by atoms with E-state index in [0.717, 1.165) is 12.8 Å². The Morgan fingerprint density at radius 2 is 2.29 bits per heavy atom. The summed E-state index contributed by atoms with van der Waals surface area (Å²) in [6.45, 7) is 0.652. The highest BCUT2D eigenvalue weighted by Gasteiger charge is 2.31. The predicted molar refractivity (Wildman–Crippen MR) is 51.3 cm³/mol. The average molecular weight is 193 g/mol. The van der Waals surface area contributed by atoms with Crippen LogP contribution in [0.1, 0.15) is 25.7 Å². The summed E-state index contributed by atoms with van der Waals surface area (Å²) >= 11 is 0. The molecule has 1 aliphatic heterocycles. The molecular weight excluding hydrogens is 178 g/mol. The Morgan fingerprint density at radius 3 is 2.79 bits per heavy atom. The maximum Gasteiger partial charge on any atom is 0.237 e. The molecule has 4 nitrogen and oxygen atoms in total. The van der Waals surface area contributed by atoms with Crippen LogP contribution in [-0.2, 0) is 4.79 Å². The van der Waals surface area contributed by atoms with E-state index in [0.29, 0.717) is 19.0 Å². The minimum absolute atomic E-state index is 0.00661. The van der Waals surface area contributed by atoms with E-state index < -0.39 is 0 Å². The Labute approximate surface area is 83.7 Å². The molecule has 1 aliphatic carbocycles. The third-order valence-corrected chi connectivity index (χ3v) is 3.08. The largest absolute Gasteiger partial charge is 0.352 e. The van der Waals surface area contributed by atoms with E-state index in [1.807, 2.05) is 0 Å². The van der Waals surface area contributed by atoms with Crippen LogP contribution in [0.15, 0.2) is 0 Å². The third kappa shape index (κ3) is 1.88. The Kier molecular flexibility index (Phi) is 2.69. The highest BCUT2D eigenvalue weighted by molar-refractivity contribution is 5.82. The van der Waals surface area contributed by atoms with Crippen molar-refractivity contribution < 1.29 is 4.79 Å². The van der Waals surface area contributed by atoms with Crippen molar-refractivity contribution in [3.8, 4) is 6.07 Å². The van der Waals surface area contributed by atoms with Gasteiger partial charge in [-0.3, -0.25) is 4.79 Å². The maximum absolute atomic E-state index is 11.6. The first-order valence-corrected chi connectivity index (χ1v) is 5.23. The smallest absolute Gasteiger partial charge is 0.237 e. The Bertz CT molecular complexity index is 267. The first-order valence-electron chi connectivity index (χ1n) is 5.23. The molecule has 4 heteroatoms. The van der Waals surface area contributed by atoms with Gasteiger partial charge in [-0.1, -0.05) is 0 Å². The average Bonchev–Trinajstić information content (AvgIpc) is 2.59. The maximum atomic E-state index is 11.6. The van der Waals surface area contributed by atoms with E-state index in [1.165, 1.54) is 6.42 Å². The van der Waals surface area contributed by atoms with Crippen LogP contribution in [0, 0.1) is 17.2 Å². The van der Waals surface area contributed by atoms with Crippen LogP contribution in [0.3, 0.4) is 0 Å². The van der Waals surface area contributed by atoms with Crippen LogP contribution in [0.5, 0.6) is 0 Å². The minimum atomic E-state index is -0.139. The van der Waals surface area contributed by atoms with Gasteiger partial charge in [0.2, 0.25) is 5.91 Å². The van der Waals surface area contributed by atoms with E-state index >= 15 is 0 Å². The third-order valence-electron chi connectivity index (χ3n) is 3.08. The van der Waals surface area contributed by atoms with Gasteiger partial charge in [-0.15, -0.1) is 0 Å². The number of carbonyl (C=O) groups excluding carboxylic acids is 1. The van der Waals surface area contributed by atoms with E-state index in [2.05, 4.69) is 16.7 Å². The number of amides is 1. The number of nitrogens with one attached hydrogen (secondary N) is 2. The summed E-state index contributed by atoms with van der Waals surface area (Å²) in [4.78, 5) is 11.6. The molecule has 0 unspecified atom stereocenters. The number of carbonyl (C=O) groups is 1. The van der Waals surface area contributed by atoms with Crippen molar-refractivity contribution in [2.45, 2.75) is 37.8 Å². The standard InChI is InChI=1S/C10H15N3O/c11-5-7-4-9(12-6-7)10(14)13-8-2-1-3-8/h7-9,12H,1-4,6H2,(H,13,14)/t7-,9-/m0/s1. The molecule has 0 spiro atoms. The molecule has 2 atom stereocenters. The van der Waals surface area contributed by atoms with Crippen molar-refractivity contribution in [3.63, 3.8) is 0 Å². The van der Waals surface area contributed by atoms with E-state index in [1.54, 1.807) is 0 Å². The molecule has 0 aromatic carbocycles. The zero-order chi connectivity index (χ0) is 9.97. The molecule has 2 N–H and O–H groups in total. The van der Waals surface area contributed by atoms with Gasteiger partial charge in [0.1, 0.15) is 0 Å². The summed E-state index contributed by atoms with van der Waals surface area (Å²) in [7, 11) is 0. The lowest BCUT2D eigenvalue weighted by Crippen LogP contribution is -2.47. The lowest BCUT2D eigenvalue weighted by atomic mass is 9.93. The van der Waals surface area contributed by atoms with Crippen molar-refractivity contribution in [3.05, 3.63) is 0 Å². The number of nitrogens with zero attached hydrogens (tertiary/aromatic N) is 1. The summed E-state index contributed by atoms with van der Waals surface area (Å²) in [5.74, 6) is 0.0830. The molecule has 1 amide bonds. The van der Waals surface area contributed by atoms with Crippen LogP contribution in [0.25, 0.3) is 0 Å². The van der Waals surface area contributed by atoms with E-state index in [9.17, 15) is 4.79 Å². The van der Waals surface area contributed by atoms with Crippen molar-refractivity contribution in [1.82, 2.24) is 10.6 Å². The quantitative estimate of drug-likeness (QED) is 0.656. The van der Waals surface area contributed by atoms with Crippen molar-refractivity contribution in [2.75, 3.05) is 6.54 Å². The van der Waals surface area contributed by atoms with Gasteiger partial charge >= 0.3 is 0 Å². The fraction of sp³-hybridized carbons (Fsp3) is 0.800. The second kappa shape index (κ2) is 3.97. The molecule has 1 saturated heterocycles. The van der Waals surface area contributed by atoms with Gasteiger partial charge in [-0.05, 0) is 25.7 Å². The second-order valence-corrected chi connectivity index (χ2v) is 4.16. The fourth-order valence-corrected chi connectivity index (χ4v) is 1.89. The topological polar surface area (TPSA) is 64.9 Å². The molecule has 1 saturated carbocycles. The highest BCUT2D eigenvalue weighted by Crippen LogP contribution is 2.19. The lowest BCUT2D eigenvalue weighted by Gasteiger charge is -2.27. The highest BCUT2D eigenvalue weighted by atomic mass is 16.2. The Balaban J connectivity index is 1.78. The molecule has 2 aliphatic rings. The summed E-state index contributed by atoms with van der Waals surface area (Å²) in [6.07, 6.45) is 4.11. The molecule has 1 heterocycles. The first kappa shape index (κ1) is 9.47. The SMILES string of the molecule is N#C[C@H]1CN[C@H](C(=O)NC2CCC2)C1. The van der Waals surface area contributed by atoms with Crippen LogP contribution in [0.4, 0.5) is 0 Å². The normalized spacial score (nSPS) is 31.9. The molecule has 76 valence electrons. The van der Waals surface area contributed by atoms with Crippen LogP contribution < -0.4 is 10.6 Å². The van der Waals surface area contributed by atoms with Gasteiger partial charge in [0, 0.05) is 12.6 Å².